The molecule has 0 fully saturated rings. The molecule has 0 unspecified atom stereocenters. The van der Waals surface area contributed by atoms with Crippen LogP contribution in [0.15, 0.2) is 12.1 Å². The average molecular weight is 258 g/mol. The molecule has 0 saturated heterocycles. The number of hydrogen-bond donors (Lipinski definition) is 2. The fraction of sp³-hybridized carbons (Fsp3) is 0.538. The molecule has 3 N–H and O–H groups in total. The quantitative estimate of drug-likeness (QED) is 0.771. The van der Waals surface area contributed by atoms with Crippen LogP contribution < -0.4 is 15.8 Å². The van der Waals surface area contributed by atoms with Crippen LogP contribution in [0.2, 0.25) is 0 Å². The summed E-state index contributed by atoms with van der Waals surface area (Å²) in [5.74, 6) is -1.21. The number of ether oxygens (including phenoxy) is 1. The van der Waals surface area contributed by atoms with Gasteiger partial charge < -0.3 is 15.8 Å². The van der Waals surface area contributed by atoms with Crippen molar-refractivity contribution in [3.05, 3.63) is 23.8 Å². The average Bonchev–Trinajstić information content (AvgIpc) is 2.27. The molecule has 1 rings (SSSR count). The minimum absolute atomic E-state index is 0.0962. The summed E-state index contributed by atoms with van der Waals surface area (Å²) in [5.41, 5.74) is 5.73. The molecule has 3 nitrogen and oxygen atoms in total. The lowest BCUT2D eigenvalue weighted by molar-refractivity contribution is 0.383. The summed E-state index contributed by atoms with van der Waals surface area (Å²) in [6, 6.07) is 2.13. The predicted octanol–water partition coefficient (Wildman–Crippen LogP) is 2.90. The third kappa shape index (κ3) is 4.49. The molecule has 5 heteroatoms. The number of rotatable bonds is 6. The molecule has 0 amide bonds. The smallest absolute Gasteiger partial charge is 0.167 e. The van der Waals surface area contributed by atoms with E-state index in [1.54, 1.807) is 0 Å². The Kier molecular flexibility index (Phi) is 4.90. The van der Waals surface area contributed by atoms with Gasteiger partial charge in [-0.3, -0.25) is 0 Å². The first-order valence-electron chi connectivity index (χ1n) is 5.89. The topological polar surface area (TPSA) is 47.3 Å². The van der Waals surface area contributed by atoms with Gasteiger partial charge in [-0.25, -0.2) is 8.78 Å². The van der Waals surface area contributed by atoms with Crippen molar-refractivity contribution in [2.45, 2.75) is 32.2 Å². The van der Waals surface area contributed by atoms with E-state index in [2.05, 4.69) is 5.32 Å². The molecule has 0 saturated carbocycles. The number of halogens is 2. The highest BCUT2D eigenvalue weighted by molar-refractivity contribution is 5.48. The first kappa shape index (κ1) is 14.7. The van der Waals surface area contributed by atoms with Gasteiger partial charge in [0.05, 0.1) is 12.8 Å². The zero-order chi connectivity index (χ0) is 13.8. The van der Waals surface area contributed by atoms with E-state index in [0.29, 0.717) is 6.54 Å². The third-order valence-corrected chi connectivity index (χ3v) is 2.55. The van der Waals surface area contributed by atoms with Crippen LogP contribution >= 0.6 is 0 Å². The lowest BCUT2D eigenvalue weighted by atomic mass is 10.0. The Bertz CT molecular complexity index is 403. The van der Waals surface area contributed by atoms with Gasteiger partial charge in [0.25, 0.3) is 0 Å². The largest absolute Gasteiger partial charge is 0.494 e. The number of methoxy groups -OCH3 is 1. The van der Waals surface area contributed by atoms with Gasteiger partial charge in [0, 0.05) is 24.2 Å². The highest BCUT2D eigenvalue weighted by atomic mass is 19.1. The summed E-state index contributed by atoms with van der Waals surface area (Å²) >= 11 is 0. The second-order valence-electron chi connectivity index (χ2n) is 4.99. The molecule has 102 valence electrons. The number of benzene rings is 1. The molecule has 0 aromatic heterocycles. The highest BCUT2D eigenvalue weighted by Gasteiger charge is 2.12. The maximum Gasteiger partial charge on any atom is 0.167 e. The molecular weight excluding hydrogens is 238 g/mol. The van der Waals surface area contributed by atoms with Crippen LogP contribution in [-0.4, -0.2) is 19.2 Å². The lowest BCUT2D eigenvalue weighted by Crippen LogP contribution is -2.32. The summed E-state index contributed by atoms with van der Waals surface area (Å²) in [5, 5.41) is 2.85. The Morgan fingerprint density at radius 3 is 2.50 bits per heavy atom. The van der Waals surface area contributed by atoms with Crippen LogP contribution in [0.25, 0.3) is 0 Å². The summed E-state index contributed by atoms with van der Waals surface area (Å²) in [6.45, 7) is 4.41. The van der Waals surface area contributed by atoms with Gasteiger partial charge in [-0.15, -0.1) is 0 Å². The molecule has 0 atom stereocenters. The number of hydrogen-bond acceptors (Lipinski definition) is 3. The van der Waals surface area contributed by atoms with Crippen LogP contribution in [0.3, 0.4) is 0 Å². The number of anilines is 1. The van der Waals surface area contributed by atoms with Gasteiger partial charge in [-0.05, 0) is 26.7 Å². The van der Waals surface area contributed by atoms with Gasteiger partial charge >= 0.3 is 0 Å². The van der Waals surface area contributed by atoms with Gasteiger partial charge in [0.2, 0.25) is 0 Å². The Morgan fingerprint density at radius 1 is 1.28 bits per heavy atom. The van der Waals surface area contributed by atoms with E-state index in [4.69, 9.17) is 10.5 Å². The van der Waals surface area contributed by atoms with Gasteiger partial charge in [0.15, 0.2) is 11.6 Å². The van der Waals surface area contributed by atoms with Crippen molar-refractivity contribution in [2.75, 3.05) is 19.0 Å². The second-order valence-corrected chi connectivity index (χ2v) is 4.99. The van der Waals surface area contributed by atoms with E-state index in [9.17, 15) is 8.78 Å². The maximum absolute atomic E-state index is 13.5. The van der Waals surface area contributed by atoms with E-state index in [1.807, 2.05) is 13.8 Å². The molecule has 0 aliphatic heterocycles. The molecule has 0 bridgehead atoms. The summed E-state index contributed by atoms with van der Waals surface area (Å²) < 4.78 is 31.6. The van der Waals surface area contributed by atoms with E-state index in [1.165, 1.54) is 7.11 Å². The van der Waals surface area contributed by atoms with Crippen molar-refractivity contribution in [1.29, 1.82) is 0 Å². The molecule has 0 radical (unpaired) electrons. The zero-order valence-corrected chi connectivity index (χ0v) is 11.0. The van der Waals surface area contributed by atoms with E-state index < -0.39 is 11.6 Å². The van der Waals surface area contributed by atoms with Gasteiger partial charge in [0.1, 0.15) is 5.82 Å². The van der Waals surface area contributed by atoms with Crippen molar-refractivity contribution >= 4 is 5.69 Å². The Morgan fingerprint density at radius 2 is 1.94 bits per heavy atom. The van der Waals surface area contributed by atoms with E-state index >= 15 is 0 Å². The Labute approximate surface area is 106 Å². The fourth-order valence-corrected chi connectivity index (χ4v) is 1.59. The van der Waals surface area contributed by atoms with Crippen LogP contribution in [-0.2, 0) is 0 Å². The molecular formula is C13H20F2N2O. The summed E-state index contributed by atoms with van der Waals surface area (Å²) in [7, 11) is 1.30. The van der Waals surface area contributed by atoms with E-state index in [-0.39, 0.29) is 17.0 Å². The number of nitrogens with two attached hydrogens (primary N) is 1. The maximum atomic E-state index is 13.5. The fourth-order valence-electron chi connectivity index (χ4n) is 1.59. The van der Waals surface area contributed by atoms with Crippen molar-refractivity contribution in [3.8, 4) is 5.75 Å². The van der Waals surface area contributed by atoms with Gasteiger partial charge in [-0.2, -0.15) is 0 Å². The molecule has 0 aliphatic carbocycles. The number of nitrogens with one attached hydrogen (secondary N) is 1. The van der Waals surface area contributed by atoms with Crippen LogP contribution in [0.4, 0.5) is 14.5 Å². The molecule has 0 heterocycles. The van der Waals surface area contributed by atoms with Crippen molar-refractivity contribution in [3.63, 3.8) is 0 Å². The molecule has 1 aromatic carbocycles. The van der Waals surface area contributed by atoms with Crippen molar-refractivity contribution in [2.24, 2.45) is 5.73 Å². The minimum Gasteiger partial charge on any atom is -0.494 e. The standard InChI is InChI=1S/C13H20F2N2O/c1-13(2,16)5-4-6-17-11-7-10(15)12(18-3)8-9(11)14/h7-8,17H,4-6,16H2,1-3H3. The normalized spacial score (nSPS) is 11.4. The second kappa shape index (κ2) is 6.00. The van der Waals surface area contributed by atoms with Crippen LogP contribution in [0, 0.1) is 11.6 Å². The van der Waals surface area contributed by atoms with Crippen molar-refractivity contribution < 1.29 is 13.5 Å². The lowest BCUT2D eigenvalue weighted by Gasteiger charge is -2.18. The third-order valence-electron chi connectivity index (χ3n) is 2.55. The van der Waals surface area contributed by atoms with Crippen molar-refractivity contribution in [1.82, 2.24) is 0 Å². The first-order chi connectivity index (χ1) is 8.33. The Balaban J connectivity index is 2.55. The predicted molar refractivity (Wildman–Crippen MR) is 68.9 cm³/mol. The molecule has 18 heavy (non-hydrogen) atoms. The first-order valence-corrected chi connectivity index (χ1v) is 5.89. The van der Waals surface area contributed by atoms with Crippen LogP contribution in [0.1, 0.15) is 26.7 Å². The zero-order valence-electron chi connectivity index (χ0n) is 11.0. The van der Waals surface area contributed by atoms with Crippen LogP contribution in [0.5, 0.6) is 5.75 Å². The Hall–Kier alpha value is -1.36. The summed E-state index contributed by atoms with van der Waals surface area (Å²) in [6.07, 6.45) is 1.59. The highest BCUT2D eigenvalue weighted by Crippen LogP contribution is 2.24. The SMILES string of the molecule is COc1cc(F)c(NCCCC(C)(C)N)cc1F. The molecule has 0 aliphatic rings. The minimum atomic E-state index is -0.583. The monoisotopic (exact) mass is 258 g/mol. The molecule has 1 aromatic rings. The summed E-state index contributed by atoms with van der Waals surface area (Å²) in [4.78, 5) is 0. The van der Waals surface area contributed by atoms with E-state index in [0.717, 1.165) is 25.0 Å². The van der Waals surface area contributed by atoms with Gasteiger partial charge in [-0.1, -0.05) is 0 Å². The molecule has 0 spiro atoms.